The molecule has 1 N–H and O–H groups in total. The van der Waals surface area contributed by atoms with Crippen molar-refractivity contribution < 1.29 is 9.90 Å². The summed E-state index contributed by atoms with van der Waals surface area (Å²) in [6, 6.07) is 8.11. The van der Waals surface area contributed by atoms with Crippen molar-refractivity contribution in [1.29, 1.82) is 0 Å². The Morgan fingerprint density at radius 2 is 2.14 bits per heavy atom. The van der Waals surface area contributed by atoms with Crippen LogP contribution >= 0.6 is 0 Å². The van der Waals surface area contributed by atoms with Crippen molar-refractivity contribution in [2.24, 2.45) is 0 Å². The molecule has 0 spiro atoms. The quantitative estimate of drug-likeness (QED) is 0.828. The van der Waals surface area contributed by atoms with Crippen LogP contribution in [0.1, 0.15) is 24.5 Å². The highest BCUT2D eigenvalue weighted by Crippen LogP contribution is 2.11. The van der Waals surface area contributed by atoms with Gasteiger partial charge in [-0.1, -0.05) is 24.0 Å². The molecule has 2 rings (SSSR count). The van der Waals surface area contributed by atoms with Crippen LogP contribution in [0.2, 0.25) is 0 Å². The zero-order valence-corrected chi connectivity index (χ0v) is 12.5. The molecule has 1 heterocycles. The molecule has 4 heteroatoms. The zero-order valence-electron chi connectivity index (χ0n) is 12.5. The lowest BCUT2D eigenvalue weighted by atomic mass is 10.1. The fourth-order valence-electron chi connectivity index (χ4n) is 2.59. The summed E-state index contributed by atoms with van der Waals surface area (Å²) in [6.07, 6.45) is 1.02. The van der Waals surface area contributed by atoms with Gasteiger partial charge in [0.15, 0.2) is 0 Å². The third-order valence-corrected chi connectivity index (χ3v) is 3.68. The molecule has 0 unspecified atom stereocenters. The van der Waals surface area contributed by atoms with Gasteiger partial charge in [-0.15, -0.1) is 0 Å². The Kier molecular flexibility index (Phi) is 5.79. The summed E-state index contributed by atoms with van der Waals surface area (Å²) in [5, 5.41) is 8.74. The molecule has 0 radical (unpaired) electrons. The number of carbonyl (C=O) groups excluding carboxylic acids is 1. The Morgan fingerprint density at radius 1 is 1.29 bits per heavy atom. The van der Waals surface area contributed by atoms with E-state index in [1.807, 2.05) is 17.0 Å². The number of amides is 1. The van der Waals surface area contributed by atoms with Gasteiger partial charge in [-0.3, -0.25) is 9.69 Å². The van der Waals surface area contributed by atoms with E-state index in [1.54, 1.807) is 6.92 Å². The summed E-state index contributed by atoms with van der Waals surface area (Å²) in [5.41, 5.74) is 2.15. The van der Waals surface area contributed by atoms with Crippen molar-refractivity contribution >= 4 is 5.91 Å². The maximum absolute atomic E-state index is 11.4. The van der Waals surface area contributed by atoms with E-state index < -0.39 is 0 Å². The fourth-order valence-corrected chi connectivity index (χ4v) is 2.59. The summed E-state index contributed by atoms with van der Waals surface area (Å²) in [6.45, 7) is 5.98. The standard InChI is InChI=1S/C17H22N2O2/c1-15(21)19-9-4-8-18(10-11-19)14-17-6-2-5-16(13-17)7-3-12-20/h2,5-6,13,20H,4,8-12,14H2,1H3. The van der Waals surface area contributed by atoms with Gasteiger partial charge in [0, 0.05) is 45.2 Å². The third-order valence-electron chi connectivity index (χ3n) is 3.68. The summed E-state index contributed by atoms with van der Waals surface area (Å²) in [5.74, 6) is 5.77. The number of nitrogens with zero attached hydrogens (tertiary/aromatic N) is 2. The average Bonchev–Trinajstić information content (AvgIpc) is 2.71. The highest BCUT2D eigenvalue weighted by atomic mass is 16.2. The molecule has 0 atom stereocenters. The molecule has 0 aliphatic carbocycles. The first kappa shape index (κ1) is 15.6. The second kappa shape index (κ2) is 7.82. The third kappa shape index (κ3) is 4.89. The van der Waals surface area contributed by atoms with Gasteiger partial charge in [0.1, 0.15) is 6.61 Å². The number of hydrogen-bond acceptors (Lipinski definition) is 3. The largest absolute Gasteiger partial charge is 0.384 e. The second-order valence-corrected chi connectivity index (χ2v) is 5.30. The Balaban J connectivity index is 1.96. The van der Waals surface area contributed by atoms with Gasteiger partial charge in [0.25, 0.3) is 0 Å². The van der Waals surface area contributed by atoms with E-state index in [0.717, 1.165) is 44.7 Å². The smallest absolute Gasteiger partial charge is 0.219 e. The SMILES string of the molecule is CC(=O)N1CCCN(Cc2cccc(C#CCO)c2)CC1. The van der Waals surface area contributed by atoms with Crippen LogP contribution in [-0.2, 0) is 11.3 Å². The van der Waals surface area contributed by atoms with Crippen LogP contribution < -0.4 is 0 Å². The summed E-state index contributed by atoms with van der Waals surface area (Å²) < 4.78 is 0. The fraction of sp³-hybridized carbons (Fsp3) is 0.471. The van der Waals surface area contributed by atoms with E-state index in [0.29, 0.717) is 0 Å². The molecule has 0 aromatic heterocycles. The molecular formula is C17H22N2O2. The van der Waals surface area contributed by atoms with Gasteiger partial charge < -0.3 is 10.0 Å². The van der Waals surface area contributed by atoms with Crippen LogP contribution in [0.4, 0.5) is 0 Å². The molecule has 1 aromatic rings. The molecule has 0 saturated carbocycles. The zero-order chi connectivity index (χ0) is 15.1. The topological polar surface area (TPSA) is 43.8 Å². The number of rotatable bonds is 2. The number of aliphatic hydroxyl groups is 1. The predicted molar refractivity (Wildman–Crippen MR) is 82.6 cm³/mol. The molecular weight excluding hydrogens is 264 g/mol. The average molecular weight is 286 g/mol. The highest BCUT2D eigenvalue weighted by Gasteiger charge is 2.16. The minimum atomic E-state index is -0.114. The van der Waals surface area contributed by atoms with Gasteiger partial charge in [-0.2, -0.15) is 0 Å². The van der Waals surface area contributed by atoms with Gasteiger partial charge >= 0.3 is 0 Å². The maximum atomic E-state index is 11.4. The van der Waals surface area contributed by atoms with Crippen molar-refractivity contribution in [2.75, 3.05) is 32.8 Å². The number of hydrogen-bond donors (Lipinski definition) is 1. The number of carbonyl (C=O) groups is 1. The van der Waals surface area contributed by atoms with Crippen molar-refractivity contribution in [3.63, 3.8) is 0 Å². The number of aliphatic hydroxyl groups excluding tert-OH is 1. The van der Waals surface area contributed by atoms with Crippen LogP contribution in [-0.4, -0.2) is 53.6 Å². The summed E-state index contributed by atoms with van der Waals surface area (Å²) in [7, 11) is 0. The van der Waals surface area contributed by atoms with Gasteiger partial charge in [-0.25, -0.2) is 0 Å². The van der Waals surface area contributed by atoms with Crippen LogP contribution in [0.5, 0.6) is 0 Å². The summed E-state index contributed by atoms with van der Waals surface area (Å²) >= 11 is 0. The predicted octanol–water partition coefficient (Wildman–Crippen LogP) is 1.08. The molecule has 21 heavy (non-hydrogen) atoms. The lowest BCUT2D eigenvalue weighted by Gasteiger charge is -2.21. The molecule has 1 fully saturated rings. The van der Waals surface area contributed by atoms with Crippen molar-refractivity contribution in [3.8, 4) is 11.8 Å². The van der Waals surface area contributed by atoms with Crippen LogP contribution in [0.3, 0.4) is 0 Å². The molecule has 1 aliphatic rings. The Bertz CT molecular complexity index is 545. The molecule has 112 valence electrons. The monoisotopic (exact) mass is 286 g/mol. The van der Waals surface area contributed by atoms with Crippen LogP contribution in [0.15, 0.2) is 24.3 Å². The minimum absolute atomic E-state index is 0.114. The molecule has 4 nitrogen and oxygen atoms in total. The first-order valence-electron chi connectivity index (χ1n) is 7.35. The molecule has 1 aromatic carbocycles. The second-order valence-electron chi connectivity index (χ2n) is 5.30. The Hall–Kier alpha value is -1.83. The normalized spacial score (nSPS) is 16.0. The van der Waals surface area contributed by atoms with E-state index in [9.17, 15) is 4.79 Å². The lowest BCUT2D eigenvalue weighted by molar-refractivity contribution is -0.128. The van der Waals surface area contributed by atoms with Crippen molar-refractivity contribution in [1.82, 2.24) is 9.80 Å². The first-order valence-corrected chi connectivity index (χ1v) is 7.35. The van der Waals surface area contributed by atoms with Gasteiger partial charge in [0.05, 0.1) is 0 Å². The van der Waals surface area contributed by atoms with E-state index >= 15 is 0 Å². The van der Waals surface area contributed by atoms with E-state index in [4.69, 9.17) is 5.11 Å². The molecule has 0 bridgehead atoms. The van der Waals surface area contributed by atoms with E-state index in [1.165, 1.54) is 5.56 Å². The Morgan fingerprint density at radius 3 is 2.90 bits per heavy atom. The minimum Gasteiger partial charge on any atom is -0.384 e. The summed E-state index contributed by atoms with van der Waals surface area (Å²) in [4.78, 5) is 15.7. The van der Waals surface area contributed by atoms with Crippen molar-refractivity contribution in [3.05, 3.63) is 35.4 Å². The van der Waals surface area contributed by atoms with Gasteiger partial charge in [0.2, 0.25) is 5.91 Å². The first-order chi connectivity index (χ1) is 10.2. The lowest BCUT2D eigenvalue weighted by Crippen LogP contribution is -2.33. The maximum Gasteiger partial charge on any atom is 0.219 e. The molecule has 1 aliphatic heterocycles. The van der Waals surface area contributed by atoms with Crippen LogP contribution in [0, 0.1) is 11.8 Å². The molecule has 1 amide bonds. The van der Waals surface area contributed by atoms with Gasteiger partial charge in [-0.05, 0) is 24.1 Å². The number of benzene rings is 1. The van der Waals surface area contributed by atoms with E-state index in [-0.39, 0.29) is 12.5 Å². The Labute approximate surface area is 126 Å². The molecule has 1 saturated heterocycles. The van der Waals surface area contributed by atoms with Crippen LogP contribution in [0.25, 0.3) is 0 Å². The highest BCUT2D eigenvalue weighted by molar-refractivity contribution is 5.73. The van der Waals surface area contributed by atoms with Crippen molar-refractivity contribution in [2.45, 2.75) is 19.9 Å². The van der Waals surface area contributed by atoms with E-state index in [2.05, 4.69) is 28.9 Å².